The Kier molecular flexibility index (Phi) is 5.08. The predicted octanol–water partition coefficient (Wildman–Crippen LogP) is 0.991. The molecule has 1 heterocycles. The number of nitrogens with one attached hydrogen (secondary N) is 1. The van der Waals surface area contributed by atoms with Crippen molar-refractivity contribution in [3.05, 3.63) is 0 Å². The molecule has 5 heteroatoms. The van der Waals surface area contributed by atoms with Crippen LogP contribution in [0, 0.1) is 5.92 Å². The molecular weight excluding hydrogens is 208 g/mol. The molecule has 92 valence electrons. The first-order valence-corrected chi connectivity index (χ1v) is 5.88. The lowest BCUT2D eigenvalue weighted by molar-refractivity contribution is -0.125. The molecule has 1 aliphatic heterocycles. The quantitative estimate of drug-likeness (QED) is 0.737. The normalized spacial score (nSPS) is 15.4. The van der Waals surface area contributed by atoms with Crippen LogP contribution in [0.25, 0.3) is 0 Å². The van der Waals surface area contributed by atoms with Crippen LogP contribution >= 0.6 is 0 Å². The third kappa shape index (κ3) is 3.40. The molecule has 1 N–H and O–H groups in total. The van der Waals surface area contributed by atoms with Gasteiger partial charge in [0.05, 0.1) is 6.54 Å². The van der Waals surface area contributed by atoms with Crippen LogP contribution in [0.2, 0.25) is 0 Å². The second kappa shape index (κ2) is 6.35. The van der Waals surface area contributed by atoms with Gasteiger partial charge in [-0.25, -0.2) is 4.79 Å². The monoisotopic (exact) mass is 228 g/mol. The van der Waals surface area contributed by atoms with E-state index in [-0.39, 0.29) is 17.9 Å². The van der Waals surface area contributed by atoms with Gasteiger partial charge < -0.3 is 15.0 Å². The molecule has 0 aliphatic carbocycles. The lowest BCUT2D eigenvalue weighted by Crippen LogP contribution is -2.37. The van der Waals surface area contributed by atoms with E-state index in [9.17, 15) is 9.59 Å². The Morgan fingerprint density at radius 3 is 2.69 bits per heavy atom. The van der Waals surface area contributed by atoms with Gasteiger partial charge in [-0.2, -0.15) is 0 Å². The maximum atomic E-state index is 11.6. The Hall–Kier alpha value is -1.26. The summed E-state index contributed by atoms with van der Waals surface area (Å²) >= 11 is 0. The first-order valence-electron chi connectivity index (χ1n) is 5.88. The van der Waals surface area contributed by atoms with Gasteiger partial charge in [-0.1, -0.05) is 13.8 Å². The first kappa shape index (κ1) is 12.8. The van der Waals surface area contributed by atoms with Crippen molar-refractivity contribution in [2.75, 3.05) is 26.2 Å². The van der Waals surface area contributed by atoms with E-state index < -0.39 is 0 Å². The SMILES string of the molecule is CCC(CC)C(=O)NCCN1CCOC1=O. The Morgan fingerprint density at radius 1 is 1.50 bits per heavy atom. The third-order valence-corrected chi connectivity index (χ3v) is 2.88. The summed E-state index contributed by atoms with van der Waals surface area (Å²) < 4.78 is 4.79. The van der Waals surface area contributed by atoms with Crippen LogP contribution in [0.15, 0.2) is 0 Å². The fourth-order valence-corrected chi connectivity index (χ4v) is 1.75. The topological polar surface area (TPSA) is 58.6 Å². The summed E-state index contributed by atoms with van der Waals surface area (Å²) in [5.41, 5.74) is 0. The summed E-state index contributed by atoms with van der Waals surface area (Å²) in [6.45, 7) is 6.13. The standard InChI is InChI=1S/C11H20N2O3/c1-3-9(4-2)10(14)12-5-6-13-7-8-16-11(13)15/h9H,3-8H2,1-2H3,(H,12,14). The molecule has 0 aromatic carbocycles. The number of nitrogens with zero attached hydrogens (tertiary/aromatic N) is 1. The summed E-state index contributed by atoms with van der Waals surface area (Å²) in [6, 6.07) is 0. The molecule has 5 nitrogen and oxygen atoms in total. The van der Waals surface area contributed by atoms with Crippen molar-refractivity contribution in [3.8, 4) is 0 Å². The van der Waals surface area contributed by atoms with E-state index >= 15 is 0 Å². The highest BCUT2D eigenvalue weighted by atomic mass is 16.6. The molecular formula is C11H20N2O3. The van der Waals surface area contributed by atoms with Gasteiger partial charge in [0.2, 0.25) is 5.91 Å². The largest absolute Gasteiger partial charge is 0.448 e. The van der Waals surface area contributed by atoms with Gasteiger partial charge in [-0.15, -0.1) is 0 Å². The van der Waals surface area contributed by atoms with E-state index in [0.717, 1.165) is 12.8 Å². The van der Waals surface area contributed by atoms with E-state index in [4.69, 9.17) is 4.74 Å². The Bertz CT molecular complexity index is 252. The van der Waals surface area contributed by atoms with E-state index in [1.165, 1.54) is 0 Å². The Morgan fingerprint density at radius 2 is 2.19 bits per heavy atom. The number of hydrogen-bond donors (Lipinski definition) is 1. The molecule has 0 aromatic rings. The average Bonchev–Trinajstić information content (AvgIpc) is 2.66. The molecule has 1 rings (SSSR count). The smallest absolute Gasteiger partial charge is 0.409 e. The Labute approximate surface area is 96.1 Å². The van der Waals surface area contributed by atoms with Crippen LogP contribution in [0.5, 0.6) is 0 Å². The van der Waals surface area contributed by atoms with Gasteiger partial charge in [0.25, 0.3) is 0 Å². The zero-order chi connectivity index (χ0) is 12.0. The highest BCUT2D eigenvalue weighted by molar-refractivity contribution is 5.78. The molecule has 0 bridgehead atoms. The maximum absolute atomic E-state index is 11.6. The number of amides is 2. The first-order chi connectivity index (χ1) is 7.69. The summed E-state index contributed by atoms with van der Waals surface area (Å²) in [5, 5.41) is 2.84. The minimum atomic E-state index is -0.281. The van der Waals surface area contributed by atoms with Gasteiger partial charge in [0.15, 0.2) is 0 Å². The van der Waals surface area contributed by atoms with Gasteiger partial charge in [-0.05, 0) is 12.8 Å². The van der Waals surface area contributed by atoms with Crippen molar-refractivity contribution < 1.29 is 14.3 Å². The number of hydrogen-bond acceptors (Lipinski definition) is 3. The van der Waals surface area contributed by atoms with Gasteiger partial charge in [0, 0.05) is 19.0 Å². The number of rotatable bonds is 6. The number of cyclic esters (lactones) is 1. The fraction of sp³-hybridized carbons (Fsp3) is 0.818. The second-order valence-corrected chi connectivity index (χ2v) is 3.91. The molecule has 1 aliphatic rings. The highest BCUT2D eigenvalue weighted by Crippen LogP contribution is 2.07. The summed E-state index contributed by atoms with van der Waals surface area (Å²) in [6.07, 6.45) is 1.43. The van der Waals surface area contributed by atoms with Crippen LogP contribution in [0.1, 0.15) is 26.7 Å². The van der Waals surface area contributed by atoms with Gasteiger partial charge in [0.1, 0.15) is 6.61 Å². The van der Waals surface area contributed by atoms with Gasteiger partial charge in [-0.3, -0.25) is 4.79 Å². The second-order valence-electron chi connectivity index (χ2n) is 3.91. The van der Waals surface area contributed by atoms with E-state index in [2.05, 4.69) is 5.32 Å². The molecule has 1 saturated heterocycles. The molecule has 1 fully saturated rings. The number of carbonyl (C=O) groups is 2. The molecule has 16 heavy (non-hydrogen) atoms. The third-order valence-electron chi connectivity index (χ3n) is 2.88. The molecule has 0 spiro atoms. The lowest BCUT2D eigenvalue weighted by Gasteiger charge is -2.15. The van der Waals surface area contributed by atoms with Crippen molar-refractivity contribution in [2.24, 2.45) is 5.92 Å². The molecule has 0 saturated carbocycles. The van der Waals surface area contributed by atoms with E-state index in [1.807, 2.05) is 13.8 Å². The molecule has 0 atom stereocenters. The van der Waals surface area contributed by atoms with Crippen molar-refractivity contribution in [1.29, 1.82) is 0 Å². The van der Waals surface area contributed by atoms with Crippen LogP contribution in [0.3, 0.4) is 0 Å². The molecule has 0 radical (unpaired) electrons. The van der Waals surface area contributed by atoms with E-state index in [1.54, 1.807) is 4.90 Å². The van der Waals surface area contributed by atoms with Gasteiger partial charge >= 0.3 is 6.09 Å². The number of carbonyl (C=O) groups excluding carboxylic acids is 2. The van der Waals surface area contributed by atoms with Crippen LogP contribution in [-0.2, 0) is 9.53 Å². The molecule has 0 unspecified atom stereocenters. The zero-order valence-electron chi connectivity index (χ0n) is 9.99. The maximum Gasteiger partial charge on any atom is 0.409 e. The van der Waals surface area contributed by atoms with Crippen molar-refractivity contribution in [2.45, 2.75) is 26.7 Å². The van der Waals surface area contributed by atoms with Crippen molar-refractivity contribution in [1.82, 2.24) is 10.2 Å². The summed E-state index contributed by atoms with van der Waals surface area (Å²) in [4.78, 5) is 24.3. The lowest BCUT2D eigenvalue weighted by atomic mass is 10.0. The minimum Gasteiger partial charge on any atom is -0.448 e. The molecule has 0 aromatic heterocycles. The molecule has 2 amide bonds. The summed E-state index contributed by atoms with van der Waals surface area (Å²) in [5.74, 6) is 0.170. The average molecular weight is 228 g/mol. The zero-order valence-corrected chi connectivity index (χ0v) is 9.99. The van der Waals surface area contributed by atoms with Crippen molar-refractivity contribution in [3.63, 3.8) is 0 Å². The summed E-state index contributed by atoms with van der Waals surface area (Å²) in [7, 11) is 0. The van der Waals surface area contributed by atoms with Crippen LogP contribution in [-0.4, -0.2) is 43.1 Å². The van der Waals surface area contributed by atoms with Crippen LogP contribution in [0.4, 0.5) is 4.79 Å². The Balaban J connectivity index is 2.19. The van der Waals surface area contributed by atoms with Crippen LogP contribution < -0.4 is 5.32 Å². The highest BCUT2D eigenvalue weighted by Gasteiger charge is 2.21. The predicted molar refractivity (Wildman–Crippen MR) is 60.0 cm³/mol. The fourth-order valence-electron chi connectivity index (χ4n) is 1.75. The minimum absolute atomic E-state index is 0.0811. The van der Waals surface area contributed by atoms with E-state index in [0.29, 0.717) is 26.2 Å². The van der Waals surface area contributed by atoms with Crippen molar-refractivity contribution >= 4 is 12.0 Å². The number of ether oxygens (including phenoxy) is 1.